The Hall–Kier alpha value is -2.70. The van der Waals surface area contributed by atoms with Gasteiger partial charge in [-0.3, -0.25) is 14.6 Å². The Kier molecular flexibility index (Phi) is 4.80. The van der Waals surface area contributed by atoms with Gasteiger partial charge in [0.05, 0.1) is 5.57 Å². The minimum absolute atomic E-state index is 0.166. The molecule has 1 aliphatic rings. The van der Waals surface area contributed by atoms with E-state index in [-0.39, 0.29) is 31.0 Å². The zero-order chi connectivity index (χ0) is 18.9. The van der Waals surface area contributed by atoms with E-state index in [0.717, 1.165) is 10.9 Å². The van der Waals surface area contributed by atoms with E-state index in [2.05, 4.69) is 9.98 Å². The van der Waals surface area contributed by atoms with Gasteiger partial charge in [-0.2, -0.15) is 13.2 Å². The van der Waals surface area contributed by atoms with Gasteiger partial charge < -0.3 is 4.98 Å². The summed E-state index contributed by atoms with van der Waals surface area (Å²) < 4.78 is 39.5. The maximum atomic E-state index is 13.2. The van der Waals surface area contributed by atoms with Gasteiger partial charge in [-0.1, -0.05) is 25.1 Å². The molecule has 4 nitrogen and oxygen atoms in total. The molecule has 0 unspecified atom stereocenters. The van der Waals surface area contributed by atoms with Gasteiger partial charge in [-0.15, -0.1) is 0 Å². The quantitative estimate of drug-likeness (QED) is 0.789. The van der Waals surface area contributed by atoms with Crippen LogP contribution in [0.15, 0.2) is 46.7 Å². The molecule has 1 aromatic carbocycles. The number of para-hydroxylation sites is 1. The fourth-order valence-electron chi connectivity index (χ4n) is 3.02. The summed E-state index contributed by atoms with van der Waals surface area (Å²) in [6.07, 6.45) is -2.44. The summed E-state index contributed by atoms with van der Waals surface area (Å²) in [6, 6.07) is 7.20. The SMILES string of the molecule is C[C@H]1C=NC(C(=O)CCC(=O)c2c[nH]c3ccccc23)=C(C(F)(F)F)C1. The number of benzene rings is 1. The van der Waals surface area contributed by atoms with Crippen molar-refractivity contribution in [1.82, 2.24) is 4.98 Å². The van der Waals surface area contributed by atoms with Crippen LogP contribution >= 0.6 is 0 Å². The third-order valence-electron chi connectivity index (χ3n) is 4.35. The number of fused-ring (bicyclic) bond motifs is 1. The van der Waals surface area contributed by atoms with Crippen LogP contribution in [-0.2, 0) is 4.79 Å². The molecule has 136 valence electrons. The van der Waals surface area contributed by atoms with Crippen LogP contribution in [-0.4, -0.2) is 28.9 Å². The molecule has 0 aliphatic carbocycles. The zero-order valence-corrected chi connectivity index (χ0v) is 14.1. The second-order valence-corrected chi connectivity index (χ2v) is 6.38. The molecule has 0 saturated heterocycles. The number of allylic oxidation sites excluding steroid dienone is 2. The predicted octanol–water partition coefficient (Wildman–Crippen LogP) is 4.63. The van der Waals surface area contributed by atoms with Crippen LogP contribution in [0.1, 0.15) is 36.5 Å². The molecule has 0 spiro atoms. The number of carbonyl (C=O) groups is 2. The van der Waals surface area contributed by atoms with Gasteiger partial charge >= 0.3 is 6.18 Å². The summed E-state index contributed by atoms with van der Waals surface area (Å²) in [5.41, 5.74) is -0.256. The van der Waals surface area contributed by atoms with Crippen LogP contribution in [0.3, 0.4) is 0 Å². The van der Waals surface area contributed by atoms with E-state index >= 15 is 0 Å². The number of Topliss-reactive ketones (excluding diaryl/α,β-unsaturated/α-hetero) is 2. The van der Waals surface area contributed by atoms with Crippen LogP contribution in [0.25, 0.3) is 10.9 Å². The highest BCUT2D eigenvalue weighted by molar-refractivity contribution is 6.09. The van der Waals surface area contributed by atoms with E-state index in [4.69, 9.17) is 0 Å². The number of alkyl halides is 3. The number of nitrogens with one attached hydrogen (secondary N) is 1. The normalized spacial score (nSPS) is 17.8. The Bertz CT molecular complexity index is 922. The van der Waals surface area contributed by atoms with E-state index < -0.39 is 23.2 Å². The van der Waals surface area contributed by atoms with Gasteiger partial charge in [0.1, 0.15) is 5.70 Å². The Morgan fingerprint density at radius 3 is 2.62 bits per heavy atom. The van der Waals surface area contributed by atoms with Crippen LogP contribution in [0, 0.1) is 5.92 Å². The molecular weight excluding hydrogens is 345 g/mol. The van der Waals surface area contributed by atoms with Crippen molar-refractivity contribution in [2.45, 2.75) is 32.4 Å². The lowest BCUT2D eigenvalue weighted by atomic mass is 9.94. The van der Waals surface area contributed by atoms with E-state index in [9.17, 15) is 22.8 Å². The number of carbonyl (C=O) groups excluding carboxylic acids is 2. The van der Waals surface area contributed by atoms with Crippen LogP contribution < -0.4 is 0 Å². The number of H-pyrrole nitrogens is 1. The fraction of sp³-hybridized carbons (Fsp3) is 0.316. The third kappa shape index (κ3) is 3.61. The van der Waals surface area contributed by atoms with Crippen molar-refractivity contribution in [3.8, 4) is 0 Å². The Balaban J connectivity index is 1.76. The van der Waals surface area contributed by atoms with E-state index in [1.807, 2.05) is 12.1 Å². The van der Waals surface area contributed by atoms with Crippen molar-refractivity contribution in [2.75, 3.05) is 0 Å². The largest absolute Gasteiger partial charge is 0.414 e. The molecule has 0 fully saturated rings. The molecule has 1 aliphatic heterocycles. The molecule has 26 heavy (non-hydrogen) atoms. The van der Waals surface area contributed by atoms with Crippen LogP contribution in [0.5, 0.6) is 0 Å². The highest BCUT2D eigenvalue weighted by atomic mass is 19.4. The molecule has 2 aromatic rings. The van der Waals surface area contributed by atoms with Crippen molar-refractivity contribution in [3.05, 3.63) is 47.3 Å². The van der Waals surface area contributed by atoms with Gasteiger partial charge in [0.2, 0.25) is 0 Å². The lowest BCUT2D eigenvalue weighted by molar-refractivity contribution is -0.118. The van der Waals surface area contributed by atoms with Crippen LogP contribution in [0.4, 0.5) is 13.2 Å². The van der Waals surface area contributed by atoms with Gasteiger partial charge in [0.25, 0.3) is 0 Å². The molecule has 1 aromatic heterocycles. The number of halogens is 3. The number of aromatic nitrogens is 1. The smallest absolute Gasteiger partial charge is 0.360 e. The molecule has 3 rings (SSSR count). The highest BCUT2D eigenvalue weighted by Crippen LogP contribution is 2.36. The molecule has 0 radical (unpaired) electrons. The van der Waals surface area contributed by atoms with E-state index in [1.165, 1.54) is 6.21 Å². The Morgan fingerprint density at radius 2 is 1.88 bits per heavy atom. The molecule has 0 bridgehead atoms. The molecular formula is C19H17F3N2O2. The first-order valence-corrected chi connectivity index (χ1v) is 8.24. The summed E-state index contributed by atoms with van der Waals surface area (Å²) in [5.74, 6) is -1.43. The minimum atomic E-state index is -4.60. The number of ketones is 2. The zero-order valence-electron chi connectivity index (χ0n) is 14.1. The maximum absolute atomic E-state index is 13.2. The average molecular weight is 362 g/mol. The second-order valence-electron chi connectivity index (χ2n) is 6.38. The van der Waals surface area contributed by atoms with Gasteiger partial charge in [-0.05, 0) is 18.4 Å². The predicted molar refractivity (Wildman–Crippen MR) is 92.2 cm³/mol. The Labute approximate surface area is 147 Å². The summed E-state index contributed by atoms with van der Waals surface area (Å²) in [4.78, 5) is 31.3. The van der Waals surface area contributed by atoms with E-state index in [0.29, 0.717) is 5.56 Å². The molecule has 0 saturated carbocycles. The van der Waals surface area contributed by atoms with Crippen molar-refractivity contribution in [2.24, 2.45) is 10.9 Å². The number of nitrogens with zero attached hydrogens (tertiary/aromatic N) is 1. The van der Waals surface area contributed by atoms with Gasteiger partial charge in [-0.25, -0.2) is 0 Å². The maximum Gasteiger partial charge on any atom is 0.414 e. The first-order valence-electron chi connectivity index (χ1n) is 8.24. The number of aliphatic imine (C=N–C) groups is 1. The topological polar surface area (TPSA) is 62.3 Å². The summed E-state index contributed by atoms with van der Waals surface area (Å²) in [5, 5.41) is 0.727. The fourth-order valence-corrected chi connectivity index (χ4v) is 3.02. The molecule has 1 N–H and O–H groups in total. The monoisotopic (exact) mass is 362 g/mol. The average Bonchev–Trinajstić information content (AvgIpc) is 3.02. The standard InChI is InChI=1S/C19H17F3N2O2/c1-11-8-14(19(20,21)22)18(24-9-11)17(26)7-6-16(25)13-10-23-15-5-3-2-4-12(13)15/h2-5,9-11,23H,6-8H2,1H3/t11-/m1/s1. The van der Waals surface area contributed by atoms with Crippen molar-refractivity contribution in [1.29, 1.82) is 0 Å². The number of aromatic amines is 1. The number of hydrogen-bond donors (Lipinski definition) is 1. The molecule has 0 amide bonds. The van der Waals surface area contributed by atoms with Gasteiger partial charge in [0.15, 0.2) is 11.6 Å². The van der Waals surface area contributed by atoms with Crippen LogP contribution in [0.2, 0.25) is 0 Å². The molecule has 2 heterocycles. The van der Waals surface area contributed by atoms with Crippen molar-refractivity contribution in [3.63, 3.8) is 0 Å². The first-order chi connectivity index (χ1) is 12.3. The molecule has 7 heteroatoms. The third-order valence-corrected chi connectivity index (χ3v) is 4.35. The summed E-state index contributed by atoms with van der Waals surface area (Å²) in [7, 11) is 0. The second kappa shape index (κ2) is 6.90. The summed E-state index contributed by atoms with van der Waals surface area (Å²) >= 11 is 0. The lowest BCUT2D eigenvalue weighted by Crippen LogP contribution is -2.23. The Morgan fingerprint density at radius 1 is 1.19 bits per heavy atom. The van der Waals surface area contributed by atoms with E-state index in [1.54, 1.807) is 25.3 Å². The summed E-state index contributed by atoms with van der Waals surface area (Å²) in [6.45, 7) is 1.61. The number of rotatable bonds is 5. The lowest BCUT2D eigenvalue weighted by Gasteiger charge is -2.20. The number of hydrogen-bond acceptors (Lipinski definition) is 3. The highest BCUT2D eigenvalue weighted by Gasteiger charge is 2.39. The first kappa shape index (κ1) is 18.1. The van der Waals surface area contributed by atoms with Gasteiger partial charge in [0, 0.05) is 41.7 Å². The molecule has 1 atom stereocenters. The van der Waals surface area contributed by atoms with Crippen molar-refractivity contribution >= 4 is 28.7 Å². The minimum Gasteiger partial charge on any atom is -0.360 e. The van der Waals surface area contributed by atoms with Crippen molar-refractivity contribution < 1.29 is 22.8 Å².